The number of aryl methyl sites for hydroxylation is 2. The van der Waals surface area contributed by atoms with Gasteiger partial charge >= 0.3 is 8.56 Å². The Hall–Kier alpha value is -2.14. The van der Waals surface area contributed by atoms with Crippen LogP contribution in [-0.2, 0) is 6.42 Å². The number of isothiocyanates is 3. The lowest BCUT2D eigenvalue weighted by Crippen LogP contribution is -2.27. The molecular weight excluding hydrogens is 411 g/mol. The van der Waals surface area contributed by atoms with Crippen LogP contribution >= 0.6 is 36.7 Å². The highest BCUT2D eigenvalue weighted by atomic mass is 32.1. The van der Waals surface area contributed by atoms with Crippen LogP contribution in [0.15, 0.2) is 56.4 Å². The molecule has 0 radical (unpaired) electrons. The molecule has 27 heavy (non-hydrogen) atoms. The largest absolute Gasteiger partial charge is 0.508 e. The van der Waals surface area contributed by atoms with Crippen molar-refractivity contribution in [1.29, 1.82) is 0 Å². The standard InChI is InChI=1S/C19H17N3OS3Si/c1-15-4-6-16(7-5-15)19-9-8-18(23)11-17(19)3-2-10-27(20-12-24,21-13-25)22-14-26/h4-9,11,23H,2-3,10H2,1H3. The zero-order chi connectivity index (χ0) is 19.7. The number of nitrogens with zero attached hydrogens (tertiary/aromatic N) is 3. The summed E-state index contributed by atoms with van der Waals surface area (Å²) in [5.41, 5.74) is 4.41. The van der Waals surface area contributed by atoms with Gasteiger partial charge in [-0.05, 0) is 85.2 Å². The van der Waals surface area contributed by atoms with E-state index in [1.165, 1.54) is 5.56 Å². The molecule has 136 valence electrons. The highest BCUT2D eigenvalue weighted by Gasteiger charge is 2.33. The molecule has 0 unspecified atom stereocenters. The van der Waals surface area contributed by atoms with Gasteiger partial charge in [0.1, 0.15) is 5.75 Å². The first-order valence-corrected chi connectivity index (χ1v) is 11.5. The van der Waals surface area contributed by atoms with E-state index in [1.54, 1.807) is 12.1 Å². The number of aromatic hydroxyl groups is 1. The molecule has 0 aromatic heterocycles. The van der Waals surface area contributed by atoms with Gasteiger partial charge in [0, 0.05) is 6.04 Å². The zero-order valence-electron chi connectivity index (χ0n) is 14.7. The van der Waals surface area contributed by atoms with Crippen LogP contribution in [0.2, 0.25) is 6.04 Å². The molecule has 2 rings (SSSR count). The number of thiocarbonyl (C=S) groups is 3. The minimum absolute atomic E-state index is 0.232. The Morgan fingerprint density at radius 3 is 2.07 bits per heavy atom. The first-order valence-electron chi connectivity index (χ1n) is 8.19. The smallest absolute Gasteiger partial charge is 0.461 e. The van der Waals surface area contributed by atoms with Crippen molar-refractivity contribution in [1.82, 2.24) is 0 Å². The SMILES string of the molecule is Cc1ccc(-c2ccc(O)cc2CCC[Si](N=C=S)(N=C=S)N=C=S)cc1. The van der Waals surface area contributed by atoms with E-state index in [-0.39, 0.29) is 5.75 Å². The van der Waals surface area contributed by atoms with Crippen LogP contribution in [-0.4, -0.2) is 29.1 Å². The number of rotatable bonds is 8. The van der Waals surface area contributed by atoms with E-state index in [4.69, 9.17) is 36.7 Å². The average Bonchev–Trinajstić information content (AvgIpc) is 2.63. The summed E-state index contributed by atoms with van der Waals surface area (Å²) in [6.07, 6.45) is 1.43. The summed E-state index contributed by atoms with van der Waals surface area (Å²) in [5, 5.41) is 17.0. The minimum atomic E-state index is -2.90. The second-order valence-electron chi connectivity index (χ2n) is 5.94. The molecule has 1 N–H and O–H groups in total. The molecule has 0 aliphatic rings. The van der Waals surface area contributed by atoms with E-state index in [1.807, 2.05) is 6.07 Å². The Kier molecular flexibility index (Phi) is 8.04. The van der Waals surface area contributed by atoms with Crippen molar-refractivity contribution in [3.63, 3.8) is 0 Å². The summed E-state index contributed by atoms with van der Waals surface area (Å²) in [4.78, 5) is 0. The zero-order valence-corrected chi connectivity index (χ0v) is 18.1. The minimum Gasteiger partial charge on any atom is -0.508 e. The molecule has 2 aromatic rings. The third kappa shape index (κ3) is 5.93. The molecule has 0 spiro atoms. The van der Waals surface area contributed by atoms with Gasteiger partial charge in [-0.3, -0.25) is 0 Å². The van der Waals surface area contributed by atoms with Crippen LogP contribution in [0.25, 0.3) is 11.1 Å². The maximum atomic E-state index is 9.92. The molecule has 8 heteroatoms. The van der Waals surface area contributed by atoms with Gasteiger partial charge < -0.3 is 5.11 Å². The molecule has 0 aliphatic heterocycles. The van der Waals surface area contributed by atoms with E-state index < -0.39 is 8.56 Å². The van der Waals surface area contributed by atoms with E-state index in [0.29, 0.717) is 12.5 Å². The van der Waals surface area contributed by atoms with Crippen LogP contribution < -0.4 is 0 Å². The number of hydrogen-bond donors (Lipinski definition) is 1. The monoisotopic (exact) mass is 427 g/mol. The summed E-state index contributed by atoms with van der Waals surface area (Å²) in [5.74, 6) is 0.232. The summed E-state index contributed by atoms with van der Waals surface area (Å²) in [6.45, 7) is 2.05. The maximum absolute atomic E-state index is 9.92. The maximum Gasteiger partial charge on any atom is 0.461 e. The fraction of sp³-hybridized carbons (Fsp3) is 0.211. The molecule has 0 atom stereocenters. The van der Waals surface area contributed by atoms with Gasteiger partial charge in [-0.15, -0.1) is 0 Å². The molecular formula is C19H17N3OS3Si. The van der Waals surface area contributed by atoms with Gasteiger partial charge in [-0.1, -0.05) is 35.9 Å². The summed E-state index contributed by atoms with van der Waals surface area (Å²) in [7, 11) is -2.90. The Morgan fingerprint density at radius 2 is 1.52 bits per heavy atom. The number of phenols is 1. The first-order chi connectivity index (χ1) is 13.0. The fourth-order valence-corrected chi connectivity index (χ4v) is 5.67. The molecule has 0 saturated heterocycles. The van der Waals surface area contributed by atoms with Gasteiger partial charge in [0.05, 0.1) is 15.5 Å². The van der Waals surface area contributed by atoms with Gasteiger partial charge in [-0.2, -0.15) is 0 Å². The van der Waals surface area contributed by atoms with E-state index >= 15 is 0 Å². The lowest BCUT2D eigenvalue weighted by molar-refractivity contribution is 0.474. The molecule has 4 nitrogen and oxygen atoms in total. The van der Waals surface area contributed by atoms with E-state index in [0.717, 1.165) is 23.1 Å². The summed E-state index contributed by atoms with van der Waals surface area (Å²) in [6, 6.07) is 14.3. The molecule has 2 aromatic carbocycles. The molecule has 0 fully saturated rings. The van der Waals surface area contributed by atoms with Crippen molar-refractivity contribution in [2.24, 2.45) is 14.0 Å². The molecule has 0 bridgehead atoms. The Morgan fingerprint density at radius 1 is 0.926 bits per heavy atom. The van der Waals surface area contributed by atoms with E-state index in [9.17, 15) is 5.11 Å². The second-order valence-corrected chi connectivity index (χ2v) is 9.21. The fourth-order valence-electron chi connectivity index (χ4n) is 2.78. The van der Waals surface area contributed by atoms with Crippen molar-refractivity contribution in [2.45, 2.75) is 25.8 Å². The molecule has 0 heterocycles. The number of benzene rings is 2. The third-order valence-corrected chi connectivity index (χ3v) is 7.28. The lowest BCUT2D eigenvalue weighted by Gasteiger charge is -2.14. The Bertz CT molecular complexity index is 913. The van der Waals surface area contributed by atoms with Gasteiger partial charge in [-0.25, -0.2) is 14.0 Å². The second kappa shape index (κ2) is 10.3. The number of phenolic OH excluding ortho intramolecular Hbond substituents is 1. The third-order valence-electron chi connectivity index (χ3n) is 4.08. The van der Waals surface area contributed by atoms with Gasteiger partial charge in [0.15, 0.2) is 0 Å². The predicted octanol–water partition coefficient (Wildman–Crippen LogP) is 5.55. The van der Waals surface area contributed by atoms with Crippen molar-refractivity contribution in [2.75, 3.05) is 0 Å². The van der Waals surface area contributed by atoms with E-state index in [2.05, 4.69) is 60.6 Å². The molecule has 0 aliphatic carbocycles. The van der Waals surface area contributed by atoms with Crippen LogP contribution in [0.4, 0.5) is 0 Å². The number of hydrogen-bond acceptors (Lipinski definition) is 7. The molecule has 0 saturated carbocycles. The van der Waals surface area contributed by atoms with Crippen LogP contribution in [0.3, 0.4) is 0 Å². The van der Waals surface area contributed by atoms with Crippen molar-refractivity contribution >= 4 is 60.7 Å². The van der Waals surface area contributed by atoms with Crippen LogP contribution in [0.5, 0.6) is 5.75 Å². The lowest BCUT2D eigenvalue weighted by atomic mass is 9.96. The summed E-state index contributed by atoms with van der Waals surface area (Å²) < 4.78 is 12.4. The topological polar surface area (TPSA) is 57.3 Å². The Labute approximate surface area is 175 Å². The Balaban J connectivity index is 2.28. The highest BCUT2D eigenvalue weighted by molar-refractivity contribution is 7.78. The highest BCUT2D eigenvalue weighted by Crippen LogP contribution is 2.29. The van der Waals surface area contributed by atoms with Crippen LogP contribution in [0.1, 0.15) is 17.5 Å². The van der Waals surface area contributed by atoms with Gasteiger partial charge in [0.2, 0.25) is 0 Å². The average molecular weight is 428 g/mol. The summed E-state index contributed by atoms with van der Waals surface area (Å²) >= 11 is 14.2. The predicted molar refractivity (Wildman–Crippen MR) is 122 cm³/mol. The van der Waals surface area contributed by atoms with Gasteiger partial charge in [0.25, 0.3) is 0 Å². The quantitative estimate of drug-likeness (QED) is 0.341. The van der Waals surface area contributed by atoms with Crippen molar-refractivity contribution < 1.29 is 5.11 Å². The normalized spacial score (nSPS) is 12.0. The first kappa shape index (κ1) is 21.2. The molecule has 0 amide bonds. The van der Waals surface area contributed by atoms with Crippen molar-refractivity contribution in [3.8, 4) is 16.9 Å². The van der Waals surface area contributed by atoms with Crippen LogP contribution in [0, 0.1) is 6.92 Å². The van der Waals surface area contributed by atoms with Crippen molar-refractivity contribution in [3.05, 3.63) is 53.6 Å².